The van der Waals surface area contributed by atoms with Crippen molar-refractivity contribution in [2.24, 2.45) is 11.3 Å². The van der Waals surface area contributed by atoms with E-state index < -0.39 is 53.6 Å². The van der Waals surface area contributed by atoms with Gasteiger partial charge in [-0.25, -0.2) is 28.6 Å². The van der Waals surface area contributed by atoms with Gasteiger partial charge in [-0.2, -0.15) is 0 Å². The largest absolute Gasteiger partial charge is 0.491 e. The van der Waals surface area contributed by atoms with E-state index in [1.165, 1.54) is 24.0 Å². The summed E-state index contributed by atoms with van der Waals surface area (Å²) in [5.74, 6) is -0.463. The summed E-state index contributed by atoms with van der Waals surface area (Å²) in [6, 6.07) is 20.9. The number of rotatable bonds is 35. The third-order valence-corrected chi connectivity index (χ3v) is 16.9. The normalized spacial score (nSPS) is 17.8. The summed E-state index contributed by atoms with van der Waals surface area (Å²) >= 11 is 0. The zero-order valence-corrected chi connectivity index (χ0v) is 56.9. The summed E-state index contributed by atoms with van der Waals surface area (Å²) in [6.07, 6.45) is 5.50. The topological polar surface area (TPSA) is 271 Å². The smallest absolute Gasteiger partial charge is 0.413 e. The first-order valence-corrected chi connectivity index (χ1v) is 33.5. The number of oxazole rings is 1. The minimum Gasteiger partial charge on any atom is -0.491 e. The lowest BCUT2D eigenvalue weighted by Gasteiger charge is -2.41. The number of hydrogen-bond acceptors (Lipinski definition) is 19. The van der Waals surface area contributed by atoms with Crippen molar-refractivity contribution >= 4 is 41.2 Å². The van der Waals surface area contributed by atoms with Gasteiger partial charge in [-0.15, -0.1) is 0 Å². The molecule has 2 aromatic heterocycles. The molecule has 526 valence electrons. The van der Waals surface area contributed by atoms with Crippen LogP contribution in [0.3, 0.4) is 0 Å². The van der Waals surface area contributed by atoms with Crippen molar-refractivity contribution in [1.82, 2.24) is 46.5 Å². The summed E-state index contributed by atoms with van der Waals surface area (Å²) < 4.78 is 75.4. The Morgan fingerprint density at radius 3 is 2.10 bits per heavy atom. The highest BCUT2D eigenvalue weighted by Gasteiger charge is 2.45. The van der Waals surface area contributed by atoms with Gasteiger partial charge in [0.1, 0.15) is 48.2 Å². The molecule has 0 radical (unpaired) electrons. The summed E-state index contributed by atoms with van der Waals surface area (Å²) in [4.78, 5) is 78.2. The van der Waals surface area contributed by atoms with E-state index in [0.29, 0.717) is 109 Å². The summed E-state index contributed by atoms with van der Waals surface area (Å²) in [7, 11) is 1.69. The lowest BCUT2D eigenvalue weighted by Crippen LogP contribution is -2.62. The monoisotopic (exact) mass is 1350 g/mol. The highest BCUT2D eigenvalue weighted by Crippen LogP contribution is 2.38. The van der Waals surface area contributed by atoms with Crippen molar-refractivity contribution in [1.29, 1.82) is 0 Å². The van der Waals surface area contributed by atoms with Crippen LogP contribution in [-0.4, -0.2) is 179 Å². The first-order chi connectivity index (χ1) is 46.6. The molecule has 0 spiro atoms. The molecule has 1 saturated carbocycles. The molecule has 26 heteroatoms. The molecule has 6 N–H and O–H groups in total. The van der Waals surface area contributed by atoms with E-state index in [0.717, 1.165) is 60.6 Å². The van der Waals surface area contributed by atoms with Gasteiger partial charge in [-0.3, -0.25) is 29.5 Å². The molecule has 24 nitrogen and oxygen atoms in total. The third-order valence-electron chi connectivity index (χ3n) is 16.9. The minimum absolute atomic E-state index is 0.0257. The molecular formula is C71H95F2N11O13. The van der Waals surface area contributed by atoms with Crippen molar-refractivity contribution in [2.45, 2.75) is 142 Å². The van der Waals surface area contributed by atoms with Gasteiger partial charge in [0.15, 0.2) is 5.69 Å². The molecule has 4 aliphatic rings. The Bertz CT molecular complexity index is 3450. The second kappa shape index (κ2) is 35.0. The number of nitrogens with one attached hydrogen (secondary N) is 6. The average Bonchev–Trinajstić information content (AvgIpc) is 1.76. The van der Waals surface area contributed by atoms with E-state index in [1.807, 2.05) is 75.4 Å². The number of ether oxygens (including phenoxy) is 7. The van der Waals surface area contributed by atoms with Crippen molar-refractivity contribution in [2.75, 3.05) is 103 Å². The number of hydrogen-bond donors (Lipinski definition) is 6. The van der Waals surface area contributed by atoms with Crippen molar-refractivity contribution in [3.05, 3.63) is 137 Å². The lowest BCUT2D eigenvalue weighted by atomic mass is 9.83. The van der Waals surface area contributed by atoms with E-state index in [2.05, 4.69) is 54.0 Å². The van der Waals surface area contributed by atoms with Gasteiger partial charge in [0.25, 0.3) is 12.3 Å². The number of nitrogens with zero attached hydrogens (tertiary/aromatic N) is 5. The predicted molar refractivity (Wildman–Crippen MR) is 359 cm³/mol. The van der Waals surface area contributed by atoms with Gasteiger partial charge in [0.05, 0.1) is 89.5 Å². The number of carbonyl (C=O) groups is 5. The Kier molecular flexibility index (Phi) is 26.5. The first-order valence-electron chi connectivity index (χ1n) is 33.5. The molecule has 2 aliphatic heterocycles. The molecule has 2 aliphatic carbocycles. The Labute approximate surface area is 566 Å². The number of fused-ring (bicyclic) bond motifs is 2. The van der Waals surface area contributed by atoms with Gasteiger partial charge >= 0.3 is 6.09 Å². The molecule has 1 fully saturated rings. The first kappa shape index (κ1) is 73.3. The summed E-state index contributed by atoms with van der Waals surface area (Å²) in [5.41, 5.74) is 4.74. The Morgan fingerprint density at radius 1 is 0.763 bits per heavy atom. The Balaban J connectivity index is 0.619. The highest BCUT2D eigenvalue weighted by atomic mass is 19.3. The number of halogens is 2. The molecule has 9 rings (SSSR count). The van der Waals surface area contributed by atoms with Gasteiger partial charge in [-0.05, 0) is 142 Å². The fraction of sp³-hybridized carbons (Fsp3) is 0.535. The number of benzene rings is 3. The second-order valence-electron chi connectivity index (χ2n) is 26.7. The maximum atomic E-state index is 14.9. The van der Waals surface area contributed by atoms with Crippen LogP contribution in [0.15, 0.2) is 108 Å². The van der Waals surface area contributed by atoms with Crippen LogP contribution >= 0.6 is 0 Å². The molecule has 97 heavy (non-hydrogen) atoms. The zero-order valence-electron chi connectivity index (χ0n) is 56.9. The SMILES string of the molecule is CN[C@@H](C)C(=O)N[C@H](C(=O)N1Cc2cc(OCCOCCOCCOCCOCCOCCNCc3ccc(N4C=C(NC(=O)c5coc(-c6ccnc(NC(=O)OC(C)(C)C)c6)n5)C(C(F)F)N4CC4CC4)cc3)ccc2C[C@H]1C(=O)N[C@@H]1CCCc2ccccc21)C(C)(C)C. The number of aryl methyl sites for hydroxylation is 1. The molecule has 3 aromatic carbocycles. The molecule has 0 saturated heterocycles. The van der Waals surface area contributed by atoms with Crippen LogP contribution in [-0.2, 0) is 68.7 Å². The molecular weight excluding hydrogens is 1250 g/mol. The fourth-order valence-electron chi connectivity index (χ4n) is 11.5. The molecule has 5 aromatic rings. The van der Waals surface area contributed by atoms with E-state index in [4.69, 9.17) is 37.6 Å². The van der Waals surface area contributed by atoms with Crippen LogP contribution < -0.4 is 41.6 Å². The quantitative estimate of drug-likeness (QED) is 0.0208. The number of anilines is 2. The summed E-state index contributed by atoms with van der Waals surface area (Å²) in [5, 5.41) is 21.1. The zero-order chi connectivity index (χ0) is 69.1. The van der Waals surface area contributed by atoms with Gasteiger partial charge in [0.2, 0.25) is 23.6 Å². The number of pyridine rings is 1. The van der Waals surface area contributed by atoms with E-state index in [-0.39, 0.29) is 65.9 Å². The number of amides is 5. The van der Waals surface area contributed by atoms with Crippen LogP contribution in [0.4, 0.5) is 25.1 Å². The molecule has 4 heterocycles. The van der Waals surface area contributed by atoms with Crippen LogP contribution in [0.2, 0.25) is 0 Å². The standard InChI is InChI=1S/C71H95F2N11O13/c1-46(74-8)64(85)81-62(70(2,3)4)68(88)82-43-52-38-54(23-20-50(52)39-59(82)66(87)77-56-15-11-13-49-12-9-10-14-55(49)56)95-37-36-94-35-34-93-33-32-92-31-30-91-29-28-90-27-26-75-41-47-18-21-53(22-19-47)83-44-57(61(63(72)73)84(83)42-48-16-17-48)78-65(86)58-45-96-67(79-58)51-24-25-76-60(40-51)80-69(89)97-71(5,6)7/h9-10,12,14,18-25,38,40,44-46,48,56,59,61-63,74-75H,11,13,15-17,26-37,39,41-43H2,1-8H3,(H,77,87)(H,78,86)(H,81,85)(H,76,80,89)/t46-,56+,59-,61?,62+/m0/s1. The maximum Gasteiger partial charge on any atom is 0.413 e. The molecule has 1 unspecified atom stereocenters. The lowest BCUT2D eigenvalue weighted by molar-refractivity contribution is -0.147. The van der Waals surface area contributed by atoms with Crippen LogP contribution in [0.5, 0.6) is 5.75 Å². The average molecular weight is 1350 g/mol. The van der Waals surface area contributed by atoms with Gasteiger partial charge in [-0.1, -0.05) is 63.2 Å². The number of hydrazine groups is 1. The highest BCUT2D eigenvalue weighted by molar-refractivity contribution is 5.95. The number of aromatic nitrogens is 2. The summed E-state index contributed by atoms with van der Waals surface area (Å²) in [6.45, 7) is 18.7. The number of carbonyl (C=O) groups excluding carboxylic acids is 5. The Hall–Kier alpha value is -7.95. The molecule has 5 atom stereocenters. The van der Waals surface area contributed by atoms with Gasteiger partial charge in [0, 0.05) is 50.6 Å². The minimum atomic E-state index is -2.82. The van der Waals surface area contributed by atoms with Crippen LogP contribution in [0, 0.1) is 11.3 Å². The van der Waals surface area contributed by atoms with Crippen LogP contribution in [0.25, 0.3) is 11.5 Å². The van der Waals surface area contributed by atoms with Crippen LogP contribution in [0.1, 0.15) is 118 Å². The third kappa shape index (κ3) is 21.5. The van der Waals surface area contributed by atoms with Crippen molar-refractivity contribution in [3.8, 4) is 17.2 Å². The number of alkyl halides is 2. The molecule has 0 bridgehead atoms. The van der Waals surface area contributed by atoms with E-state index in [1.54, 1.807) is 55.7 Å². The predicted octanol–water partition coefficient (Wildman–Crippen LogP) is 8.27. The maximum absolute atomic E-state index is 14.9. The Morgan fingerprint density at radius 2 is 1.44 bits per heavy atom. The fourth-order valence-corrected chi connectivity index (χ4v) is 11.5. The molecule has 5 amide bonds. The van der Waals surface area contributed by atoms with E-state index in [9.17, 15) is 32.8 Å². The van der Waals surface area contributed by atoms with Crippen molar-refractivity contribution in [3.63, 3.8) is 0 Å². The van der Waals surface area contributed by atoms with Crippen molar-refractivity contribution < 1.29 is 70.3 Å². The second-order valence-corrected chi connectivity index (χ2v) is 26.7. The van der Waals surface area contributed by atoms with E-state index >= 15 is 0 Å². The number of likely N-dealkylation sites (N-methyl/N-ethyl adjacent to an activating group) is 1. The van der Waals surface area contributed by atoms with Gasteiger partial charge < -0.3 is 69.1 Å².